The molecule has 4 heteroatoms. The summed E-state index contributed by atoms with van der Waals surface area (Å²) in [7, 11) is 0. The van der Waals surface area contributed by atoms with Crippen LogP contribution in [0.3, 0.4) is 0 Å². The van der Waals surface area contributed by atoms with E-state index < -0.39 is 0 Å². The van der Waals surface area contributed by atoms with Gasteiger partial charge in [-0.2, -0.15) is 5.10 Å². The van der Waals surface area contributed by atoms with Crippen molar-refractivity contribution in [3.05, 3.63) is 66.7 Å². The van der Waals surface area contributed by atoms with Crippen LogP contribution >= 0.6 is 0 Å². The minimum Gasteiger partial charge on any atom is -0.494 e. The summed E-state index contributed by atoms with van der Waals surface area (Å²) in [5.41, 5.74) is 2.21. The van der Waals surface area contributed by atoms with Gasteiger partial charge in [0.15, 0.2) is 0 Å². The second kappa shape index (κ2) is 5.79. The van der Waals surface area contributed by atoms with Gasteiger partial charge < -0.3 is 4.74 Å². The van der Waals surface area contributed by atoms with Gasteiger partial charge in [0, 0.05) is 17.3 Å². The van der Waals surface area contributed by atoms with Crippen LogP contribution in [0.25, 0.3) is 16.8 Å². The Morgan fingerprint density at radius 2 is 1.86 bits per heavy atom. The van der Waals surface area contributed by atoms with Crippen molar-refractivity contribution in [3.63, 3.8) is 0 Å². The maximum atomic E-state index is 13.8. The maximum Gasteiger partial charge on any atom is 0.131 e. The molecule has 0 atom stereocenters. The topological polar surface area (TPSA) is 27.1 Å². The first-order valence-corrected chi connectivity index (χ1v) is 6.80. The minimum absolute atomic E-state index is 0.247. The molecule has 0 aliphatic heterocycles. The fourth-order valence-electron chi connectivity index (χ4n) is 2.16. The fourth-order valence-corrected chi connectivity index (χ4v) is 2.16. The first-order valence-electron chi connectivity index (χ1n) is 6.80. The van der Waals surface area contributed by atoms with E-state index in [0.717, 1.165) is 17.0 Å². The average Bonchev–Trinajstić information content (AvgIpc) is 2.98. The summed E-state index contributed by atoms with van der Waals surface area (Å²) in [6.07, 6.45) is 3.48. The van der Waals surface area contributed by atoms with Gasteiger partial charge in [0.2, 0.25) is 0 Å². The zero-order chi connectivity index (χ0) is 14.7. The lowest BCUT2D eigenvalue weighted by Crippen LogP contribution is -1.95. The fraction of sp³-hybridized carbons (Fsp3) is 0.118. The molecule has 0 radical (unpaired) electrons. The number of nitrogens with zero attached hydrogens (tertiary/aromatic N) is 2. The molecule has 0 aliphatic rings. The Hall–Kier alpha value is -2.62. The largest absolute Gasteiger partial charge is 0.494 e. The monoisotopic (exact) mass is 282 g/mol. The zero-order valence-electron chi connectivity index (χ0n) is 11.7. The van der Waals surface area contributed by atoms with Crippen molar-refractivity contribution in [2.45, 2.75) is 6.92 Å². The number of aromatic nitrogens is 2. The molecule has 2 aromatic carbocycles. The number of ether oxygens (including phenoxy) is 1. The van der Waals surface area contributed by atoms with Gasteiger partial charge in [0.05, 0.1) is 18.5 Å². The highest BCUT2D eigenvalue weighted by molar-refractivity contribution is 5.62. The van der Waals surface area contributed by atoms with Crippen LogP contribution < -0.4 is 4.74 Å². The molecule has 0 saturated carbocycles. The number of hydrogen-bond acceptors (Lipinski definition) is 2. The van der Waals surface area contributed by atoms with E-state index in [-0.39, 0.29) is 5.82 Å². The molecule has 0 fully saturated rings. The second-order valence-corrected chi connectivity index (χ2v) is 4.58. The molecule has 3 aromatic rings. The Kier molecular flexibility index (Phi) is 3.69. The lowest BCUT2D eigenvalue weighted by atomic mass is 10.1. The summed E-state index contributed by atoms with van der Waals surface area (Å²) < 4.78 is 20.9. The normalized spacial score (nSPS) is 10.6. The second-order valence-electron chi connectivity index (χ2n) is 4.58. The van der Waals surface area contributed by atoms with E-state index in [1.807, 2.05) is 43.5 Å². The van der Waals surface area contributed by atoms with E-state index in [9.17, 15) is 4.39 Å². The van der Waals surface area contributed by atoms with Crippen LogP contribution in [-0.4, -0.2) is 16.4 Å². The van der Waals surface area contributed by atoms with Crippen molar-refractivity contribution >= 4 is 0 Å². The number of halogens is 1. The van der Waals surface area contributed by atoms with E-state index in [1.54, 1.807) is 23.0 Å². The summed E-state index contributed by atoms with van der Waals surface area (Å²) in [5, 5.41) is 4.29. The molecule has 1 aromatic heterocycles. The van der Waals surface area contributed by atoms with Crippen LogP contribution in [0.5, 0.6) is 5.75 Å². The molecule has 106 valence electrons. The van der Waals surface area contributed by atoms with Crippen LogP contribution in [0.2, 0.25) is 0 Å². The predicted molar refractivity (Wildman–Crippen MR) is 80.1 cm³/mol. The van der Waals surface area contributed by atoms with E-state index in [4.69, 9.17) is 4.74 Å². The van der Waals surface area contributed by atoms with Crippen molar-refractivity contribution in [2.75, 3.05) is 6.61 Å². The van der Waals surface area contributed by atoms with Gasteiger partial charge in [-0.05, 0) is 37.3 Å². The first kappa shape index (κ1) is 13.4. The summed E-state index contributed by atoms with van der Waals surface area (Å²) >= 11 is 0. The summed E-state index contributed by atoms with van der Waals surface area (Å²) in [6, 6.07) is 14.3. The third kappa shape index (κ3) is 2.79. The van der Waals surface area contributed by atoms with Gasteiger partial charge >= 0.3 is 0 Å². The smallest absolute Gasteiger partial charge is 0.131 e. The predicted octanol–water partition coefficient (Wildman–Crippen LogP) is 4.08. The molecule has 21 heavy (non-hydrogen) atoms. The first-order chi connectivity index (χ1) is 10.3. The van der Waals surface area contributed by atoms with E-state index in [1.165, 1.54) is 6.07 Å². The zero-order valence-corrected chi connectivity index (χ0v) is 11.7. The molecule has 3 nitrogen and oxygen atoms in total. The number of hydrogen-bond donors (Lipinski definition) is 0. The van der Waals surface area contributed by atoms with Gasteiger partial charge in [-0.25, -0.2) is 9.07 Å². The molecular formula is C17H15FN2O. The average molecular weight is 282 g/mol. The van der Waals surface area contributed by atoms with Crippen LogP contribution in [0.15, 0.2) is 60.9 Å². The Bertz CT molecular complexity index is 735. The van der Waals surface area contributed by atoms with Crippen LogP contribution in [0.1, 0.15) is 6.92 Å². The third-order valence-corrected chi connectivity index (χ3v) is 3.18. The van der Waals surface area contributed by atoms with Crippen molar-refractivity contribution in [3.8, 4) is 22.6 Å². The lowest BCUT2D eigenvalue weighted by molar-refractivity contribution is 0.340. The molecule has 0 amide bonds. The van der Waals surface area contributed by atoms with Crippen LogP contribution in [-0.2, 0) is 0 Å². The van der Waals surface area contributed by atoms with Crippen molar-refractivity contribution in [1.29, 1.82) is 0 Å². The van der Waals surface area contributed by atoms with Crippen molar-refractivity contribution < 1.29 is 9.13 Å². The Balaban J connectivity index is 1.89. The quantitative estimate of drug-likeness (QED) is 0.721. The van der Waals surface area contributed by atoms with Gasteiger partial charge in [-0.1, -0.05) is 18.2 Å². The Morgan fingerprint density at radius 3 is 2.57 bits per heavy atom. The van der Waals surface area contributed by atoms with E-state index in [0.29, 0.717) is 12.2 Å². The molecule has 1 heterocycles. The molecule has 0 unspecified atom stereocenters. The van der Waals surface area contributed by atoms with E-state index >= 15 is 0 Å². The van der Waals surface area contributed by atoms with Gasteiger partial charge in [-0.15, -0.1) is 0 Å². The Morgan fingerprint density at radius 1 is 1.10 bits per heavy atom. The number of benzene rings is 2. The van der Waals surface area contributed by atoms with Gasteiger partial charge in [-0.3, -0.25) is 0 Å². The van der Waals surface area contributed by atoms with Gasteiger partial charge in [0.25, 0.3) is 0 Å². The molecule has 3 rings (SSSR count). The SMILES string of the molecule is CCOc1ccc(-n2cc(-c3ccccc3F)cn2)cc1. The molecule has 0 aliphatic carbocycles. The molecule has 0 bridgehead atoms. The summed E-state index contributed by atoms with van der Waals surface area (Å²) in [5.74, 6) is 0.575. The van der Waals surface area contributed by atoms with Crippen LogP contribution in [0.4, 0.5) is 4.39 Å². The molecule has 0 N–H and O–H groups in total. The highest BCUT2D eigenvalue weighted by Gasteiger charge is 2.07. The van der Waals surface area contributed by atoms with Gasteiger partial charge in [0.1, 0.15) is 11.6 Å². The summed E-state index contributed by atoms with van der Waals surface area (Å²) in [6.45, 7) is 2.58. The maximum absolute atomic E-state index is 13.8. The molecule has 0 spiro atoms. The van der Waals surface area contributed by atoms with Crippen molar-refractivity contribution in [1.82, 2.24) is 9.78 Å². The molecule has 0 saturated heterocycles. The van der Waals surface area contributed by atoms with E-state index in [2.05, 4.69) is 5.10 Å². The third-order valence-electron chi connectivity index (χ3n) is 3.18. The molecular weight excluding hydrogens is 267 g/mol. The highest BCUT2D eigenvalue weighted by atomic mass is 19.1. The standard InChI is InChI=1S/C17H15FN2O/c1-2-21-15-9-7-14(8-10-15)20-12-13(11-19-20)16-5-3-4-6-17(16)18/h3-12H,2H2,1H3. The van der Waals surface area contributed by atoms with Crippen molar-refractivity contribution in [2.24, 2.45) is 0 Å². The van der Waals surface area contributed by atoms with Crippen LogP contribution in [0, 0.1) is 5.82 Å². The number of rotatable bonds is 4. The summed E-state index contributed by atoms with van der Waals surface area (Å²) in [4.78, 5) is 0. The minimum atomic E-state index is -0.247. The lowest BCUT2D eigenvalue weighted by Gasteiger charge is -2.05. The Labute approximate surface area is 122 Å². The highest BCUT2D eigenvalue weighted by Crippen LogP contribution is 2.23.